The quantitative estimate of drug-likeness (QED) is 0.632. The zero-order valence-electron chi connectivity index (χ0n) is 5.80. The highest BCUT2D eigenvalue weighted by atomic mass is 35.5. The summed E-state index contributed by atoms with van der Waals surface area (Å²) in [7, 11) is 0. The molecule has 0 saturated carbocycles. The summed E-state index contributed by atoms with van der Waals surface area (Å²) in [4.78, 5) is 23.5. The molecule has 0 amide bonds. The molecule has 1 heterocycles. The molecule has 0 unspecified atom stereocenters. The van der Waals surface area contributed by atoms with Gasteiger partial charge in [-0.2, -0.15) is 5.10 Å². The summed E-state index contributed by atoms with van der Waals surface area (Å²) in [6.45, 7) is 2.11. The number of H-pyrrole nitrogens is 1. The first kappa shape index (κ1) is 8.00. The van der Waals surface area contributed by atoms with Crippen LogP contribution in [0.5, 0.6) is 0 Å². The second kappa shape index (κ2) is 2.87. The molecule has 1 N–H and O–H groups in total. The van der Waals surface area contributed by atoms with E-state index in [4.69, 9.17) is 11.6 Å². The van der Waals surface area contributed by atoms with Crippen molar-refractivity contribution >= 4 is 11.6 Å². The standard InChI is InChI=1S/C5H6ClN3O2/c1-2-9-5(11)7-4(10)3(6)8-9/h2H2,1H3,(H,7,10,11). The van der Waals surface area contributed by atoms with E-state index in [9.17, 15) is 9.59 Å². The normalized spacial score (nSPS) is 10.0. The molecule has 0 aromatic carbocycles. The van der Waals surface area contributed by atoms with E-state index < -0.39 is 11.2 Å². The highest BCUT2D eigenvalue weighted by molar-refractivity contribution is 6.29. The Bertz CT molecular complexity index is 367. The van der Waals surface area contributed by atoms with E-state index in [0.717, 1.165) is 4.68 Å². The lowest BCUT2D eigenvalue weighted by Crippen LogP contribution is -2.32. The van der Waals surface area contributed by atoms with Crippen LogP contribution >= 0.6 is 11.6 Å². The van der Waals surface area contributed by atoms with Crippen LogP contribution < -0.4 is 11.2 Å². The fraction of sp³-hybridized carbons (Fsp3) is 0.400. The lowest BCUT2D eigenvalue weighted by Gasteiger charge is -1.96. The average Bonchev–Trinajstić information content (AvgIpc) is 1.97. The van der Waals surface area contributed by atoms with Crippen LogP contribution in [0.25, 0.3) is 0 Å². The molecule has 0 spiro atoms. The molecule has 60 valence electrons. The van der Waals surface area contributed by atoms with E-state index in [-0.39, 0.29) is 5.15 Å². The van der Waals surface area contributed by atoms with E-state index in [1.54, 1.807) is 6.92 Å². The van der Waals surface area contributed by atoms with Crippen LogP contribution in [0.2, 0.25) is 5.15 Å². The number of aromatic nitrogens is 3. The molecule has 0 aliphatic heterocycles. The Morgan fingerprint density at radius 3 is 2.82 bits per heavy atom. The maximum atomic E-state index is 10.8. The van der Waals surface area contributed by atoms with Crippen LogP contribution in [0.3, 0.4) is 0 Å². The van der Waals surface area contributed by atoms with Gasteiger partial charge in [-0.05, 0) is 6.92 Å². The molecule has 0 radical (unpaired) electrons. The average molecular weight is 176 g/mol. The van der Waals surface area contributed by atoms with Crippen molar-refractivity contribution in [2.24, 2.45) is 0 Å². The van der Waals surface area contributed by atoms with Crippen LogP contribution in [0.1, 0.15) is 6.92 Å². The second-order valence-electron chi connectivity index (χ2n) is 1.87. The fourth-order valence-corrected chi connectivity index (χ4v) is 0.763. The van der Waals surface area contributed by atoms with Crippen molar-refractivity contribution in [1.82, 2.24) is 14.8 Å². The lowest BCUT2D eigenvalue weighted by atomic mass is 10.7. The topological polar surface area (TPSA) is 67.8 Å². The molecule has 6 heteroatoms. The Balaban J connectivity index is 3.45. The molecule has 0 aliphatic rings. The Labute approximate surface area is 66.6 Å². The summed E-state index contributed by atoms with van der Waals surface area (Å²) in [6.07, 6.45) is 0. The molecule has 1 aromatic heterocycles. The van der Waals surface area contributed by atoms with Crippen LogP contribution in [-0.4, -0.2) is 14.8 Å². The third kappa shape index (κ3) is 1.48. The minimum absolute atomic E-state index is 0.216. The van der Waals surface area contributed by atoms with Gasteiger partial charge >= 0.3 is 5.69 Å². The van der Waals surface area contributed by atoms with Gasteiger partial charge in [0.15, 0.2) is 0 Å². The number of halogens is 1. The Kier molecular flexibility index (Phi) is 2.09. The summed E-state index contributed by atoms with van der Waals surface area (Å²) in [5.74, 6) is 0. The van der Waals surface area contributed by atoms with Gasteiger partial charge in [0.25, 0.3) is 5.56 Å². The third-order valence-corrected chi connectivity index (χ3v) is 1.40. The fourth-order valence-electron chi connectivity index (χ4n) is 0.624. The third-order valence-electron chi connectivity index (χ3n) is 1.15. The van der Waals surface area contributed by atoms with Gasteiger partial charge in [0.1, 0.15) is 0 Å². The predicted molar refractivity (Wildman–Crippen MR) is 39.8 cm³/mol. The number of hydrogen-bond donors (Lipinski definition) is 1. The van der Waals surface area contributed by atoms with Crippen molar-refractivity contribution in [2.45, 2.75) is 13.5 Å². The molecular formula is C5H6ClN3O2. The van der Waals surface area contributed by atoms with Crippen molar-refractivity contribution in [3.05, 3.63) is 26.0 Å². The minimum Gasteiger partial charge on any atom is -0.270 e. The van der Waals surface area contributed by atoms with Gasteiger partial charge in [-0.15, -0.1) is 0 Å². The molecule has 0 bridgehead atoms. The highest BCUT2D eigenvalue weighted by Gasteiger charge is 2.00. The summed E-state index contributed by atoms with van der Waals surface area (Å²) in [6, 6.07) is 0. The summed E-state index contributed by atoms with van der Waals surface area (Å²) >= 11 is 5.35. The number of aromatic amines is 1. The molecule has 5 nitrogen and oxygen atoms in total. The summed E-state index contributed by atoms with van der Waals surface area (Å²) < 4.78 is 1.07. The first-order valence-corrected chi connectivity index (χ1v) is 3.40. The molecular weight excluding hydrogens is 170 g/mol. The molecule has 11 heavy (non-hydrogen) atoms. The van der Waals surface area contributed by atoms with E-state index >= 15 is 0 Å². The Morgan fingerprint density at radius 2 is 2.27 bits per heavy atom. The molecule has 0 aliphatic carbocycles. The van der Waals surface area contributed by atoms with Crippen molar-refractivity contribution < 1.29 is 0 Å². The largest absolute Gasteiger partial charge is 0.344 e. The highest BCUT2D eigenvalue weighted by Crippen LogP contribution is 1.88. The Morgan fingerprint density at radius 1 is 1.64 bits per heavy atom. The van der Waals surface area contributed by atoms with Crippen LogP contribution in [0.15, 0.2) is 9.59 Å². The van der Waals surface area contributed by atoms with Crippen LogP contribution in [-0.2, 0) is 6.54 Å². The Hall–Kier alpha value is -1.10. The number of rotatable bonds is 1. The van der Waals surface area contributed by atoms with E-state index in [1.165, 1.54) is 0 Å². The van der Waals surface area contributed by atoms with Gasteiger partial charge in [0.2, 0.25) is 5.15 Å². The van der Waals surface area contributed by atoms with Gasteiger partial charge in [0.05, 0.1) is 0 Å². The molecule has 0 saturated heterocycles. The van der Waals surface area contributed by atoms with Crippen LogP contribution in [0.4, 0.5) is 0 Å². The molecule has 0 fully saturated rings. The van der Waals surface area contributed by atoms with Gasteiger partial charge in [-0.1, -0.05) is 11.6 Å². The second-order valence-corrected chi connectivity index (χ2v) is 2.22. The predicted octanol–water partition coefficient (Wildman–Crippen LogP) is -0.395. The lowest BCUT2D eigenvalue weighted by molar-refractivity contribution is 0.587. The van der Waals surface area contributed by atoms with Crippen molar-refractivity contribution in [3.63, 3.8) is 0 Å². The van der Waals surface area contributed by atoms with Gasteiger partial charge in [-0.3, -0.25) is 9.78 Å². The molecule has 1 aromatic rings. The van der Waals surface area contributed by atoms with E-state index in [2.05, 4.69) is 5.10 Å². The monoisotopic (exact) mass is 175 g/mol. The summed E-state index contributed by atoms with van der Waals surface area (Å²) in [5, 5.41) is 3.30. The van der Waals surface area contributed by atoms with Crippen molar-refractivity contribution in [2.75, 3.05) is 0 Å². The zero-order chi connectivity index (χ0) is 8.43. The smallest absolute Gasteiger partial charge is 0.270 e. The minimum atomic E-state index is -0.652. The SMILES string of the molecule is CCn1nc(Cl)c(=O)[nH]c1=O. The van der Waals surface area contributed by atoms with Gasteiger partial charge in [-0.25, -0.2) is 9.48 Å². The van der Waals surface area contributed by atoms with Crippen molar-refractivity contribution in [1.29, 1.82) is 0 Å². The van der Waals surface area contributed by atoms with E-state index in [0.29, 0.717) is 6.54 Å². The number of aryl methyl sites for hydroxylation is 1. The maximum absolute atomic E-state index is 10.8. The summed E-state index contributed by atoms with van der Waals surface area (Å²) in [5.41, 5.74) is -1.19. The number of hydrogen-bond acceptors (Lipinski definition) is 3. The first-order chi connectivity index (χ1) is 5.15. The maximum Gasteiger partial charge on any atom is 0.344 e. The number of nitrogens with zero attached hydrogens (tertiary/aromatic N) is 2. The molecule has 0 atom stereocenters. The number of nitrogens with one attached hydrogen (secondary N) is 1. The van der Waals surface area contributed by atoms with E-state index in [1.807, 2.05) is 4.98 Å². The van der Waals surface area contributed by atoms with Crippen LogP contribution in [0, 0.1) is 0 Å². The van der Waals surface area contributed by atoms with Gasteiger partial charge < -0.3 is 0 Å². The molecule has 1 rings (SSSR count). The van der Waals surface area contributed by atoms with Gasteiger partial charge in [0, 0.05) is 6.54 Å². The first-order valence-electron chi connectivity index (χ1n) is 3.02. The zero-order valence-corrected chi connectivity index (χ0v) is 6.55. The van der Waals surface area contributed by atoms with Crippen molar-refractivity contribution in [3.8, 4) is 0 Å².